The first kappa shape index (κ1) is 14.4. The molecule has 2 aromatic heterocycles. The van der Waals surface area contributed by atoms with Crippen LogP contribution in [-0.4, -0.2) is 28.1 Å². The third kappa shape index (κ3) is 4.93. The summed E-state index contributed by atoms with van der Waals surface area (Å²) in [4.78, 5) is 12.5. The SMILES string of the molecule is CCNCc1cncc(OCCCc2ccncc2)n1. The Bertz CT molecular complexity index is 504. The van der Waals surface area contributed by atoms with Crippen molar-refractivity contribution in [2.24, 2.45) is 0 Å². The van der Waals surface area contributed by atoms with Crippen LogP contribution in [0.3, 0.4) is 0 Å². The first-order valence-electron chi connectivity index (χ1n) is 6.92. The highest BCUT2D eigenvalue weighted by Crippen LogP contribution is 2.07. The van der Waals surface area contributed by atoms with Crippen LogP contribution in [0.2, 0.25) is 0 Å². The minimum atomic E-state index is 0.593. The summed E-state index contributed by atoms with van der Waals surface area (Å²) in [5.74, 6) is 0.593. The topological polar surface area (TPSA) is 59.9 Å². The van der Waals surface area contributed by atoms with Crippen molar-refractivity contribution in [3.63, 3.8) is 0 Å². The van der Waals surface area contributed by atoms with E-state index >= 15 is 0 Å². The Morgan fingerprint density at radius 3 is 2.80 bits per heavy atom. The Labute approximate surface area is 119 Å². The van der Waals surface area contributed by atoms with Gasteiger partial charge in [-0.25, -0.2) is 4.98 Å². The van der Waals surface area contributed by atoms with Gasteiger partial charge in [-0.15, -0.1) is 0 Å². The van der Waals surface area contributed by atoms with Crippen LogP contribution in [0.4, 0.5) is 0 Å². The molecule has 0 amide bonds. The van der Waals surface area contributed by atoms with E-state index in [0.29, 0.717) is 12.5 Å². The fraction of sp³-hybridized carbons (Fsp3) is 0.400. The molecule has 0 radical (unpaired) electrons. The maximum Gasteiger partial charge on any atom is 0.232 e. The van der Waals surface area contributed by atoms with Crippen LogP contribution in [-0.2, 0) is 13.0 Å². The van der Waals surface area contributed by atoms with E-state index in [4.69, 9.17) is 4.74 Å². The molecule has 0 aromatic carbocycles. The van der Waals surface area contributed by atoms with Gasteiger partial charge in [0.15, 0.2) is 0 Å². The van der Waals surface area contributed by atoms with E-state index in [1.165, 1.54) is 5.56 Å². The second-order valence-electron chi connectivity index (χ2n) is 4.44. The fourth-order valence-corrected chi connectivity index (χ4v) is 1.80. The number of nitrogens with one attached hydrogen (secondary N) is 1. The summed E-state index contributed by atoms with van der Waals surface area (Å²) >= 11 is 0. The number of pyridine rings is 1. The Balaban J connectivity index is 1.73. The minimum absolute atomic E-state index is 0.593. The molecular formula is C15H20N4O. The molecule has 5 nitrogen and oxygen atoms in total. The van der Waals surface area contributed by atoms with Crippen LogP contribution in [0.5, 0.6) is 5.88 Å². The Morgan fingerprint density at radius 1 is 1.15 bits per heavy atom. The van der Waals surface area contributed by atoms with Crippen molar-refractivity contribution in [1.29, 1.82) is 0 Å². The largest absolute Gasteiger partial charge is 0.477 e. The van der Waals surface area contributed by atoms with Gasteiger partial charge < -0.3 is 10.1 Å². The van der Waals surface area contributed by atoms with E-state index in [1.807, 2.05) is 24.5 Å². The first-order chi connectivity index (χ1) is 9.88. The highest BCUT2D eigenvalue weighted by Gasteiger charge is 2.00. The molecule has 0 atom stereocenters. The summed E-state index contributed by atoms with van der Waals surface area (Å²) in [5.41, 5.74) is 2.18. The second kappa shape index (κ2) is 8.22. The van der Waals surface area contributed by atoms with Gasteiger partial charge in [-0.2, -0.15) is 0 Å². The van der Waals surface area contributed by atoms with Crippen LogP contribution < -0.4 is 10.1 Å². The highest BCUT2D eigenvalue weighted by molar-refractivity contribution is 5.10. The van der Waals surface area contributed by atoms with Gasteiger partial charge in [0.2, 0.25) is 5.88 Å². The lowest BCUT2D eigenvalue weighted by Crippen LogP contribution is -2.13. The zero-order valence-corrected chi connectivity index (χ0v) is 11.7. The lowest BCUT2D eigenvalue weighted by molar-refractivity contribution is 0.296. The van der Waals surface area contributed by atoms with Crippen LogP contribution in [0.1, 0.15) is 24.6 Å². The zero-order valence-electron chi connectivity index (χ0n) is 11.7. The standard InChI is InChI=1S/C15H20N4O/c1-2-16-10-14-11-18-12-15(19-14)20-9-3-4-13-5-7-17-8-6-13/h5-8,11-12,16H,2-4,9-10H2,1H3. The van der Waals surface area contributed by atoms with Gasteiger partial charge in [0.25, 0.3) is 0 Å². The smallest absolute Gasteiger partial charge is 0.232 e. The monoisotopic (exact) mass is 272 g/mol. The number of ether oxygens (including phenoxy) is 1. The van der Waals surface area contributed by atoms with Crippen molar-refractivity contribution < 1.29 is 4.74 Å². The van der Waals surface area contributed by atoms with Gasteiger partial charge in [-0.1, -0.05) is 6.92 Å². The molecule has 2 aromatic rings. The Kier molecular flexibility index (Phi) is 5.92. The quantitative estimate of drug-likeness (QED) is 0.745. The summed E-state index contributed by atoms with van der Waals surface area (Å²) in [6, 6.07) is 4.05. The number of hydrogen-bond acceptors (Lipinski definition) is 5. The molecule has 0 aliphatic carbocycles. The minimum Gasteiger partial charge on any atom is -0.477 e. The van der Waals surface area contributed by atoms with Crippen molar-refractivity contribution in [1.82, 2.24) is 20.3 Å². The molecule has 0 fully saturated rings. The van der Waals surface area contributed by atoms with Gasteiger partial charge in [0, 0.05) is 25.1 Å². The molecule has 0 saturated heterocycles. The van der Waals surface area contributed by atoms with Gasteiger partial charge in [-0.05, 0) is 37.1 Å². The van der Waals surface area contributed by atoms with Crippen molar-refractivity contribution in [2.75, 3.05) is 13.2 Å². The number of rotatable bonds is 8. The van der Waals surface area contributed by atoms with Gasteiger partial charge in [-0.3, -0.25) is 9.97 Å². The summed E-state index contributed by atoms with van der Waals surface area (Å²) in [5, 5.41) is 3.22. The summed E-state index contributed by atoms with van der Waals surface area (Å²) in [7, 11) is 0. The first-order valence-corrected chi connectivity index (χ1v) is 6.92. The number of aryl methyl sites for hydroxylation is 1. The summed E-state index contributed by atoms with van der Waals surface area (Å²) in [6.45, 7) is 4.34. The molecule has 0 saturated carbocycles. The lowest BCUT2D eigenvalue weighted by Gasteiger charge is -2.07. The molecule has 2 heterocycles. The molecule has 0 spiro atoms. The fourth-order valence-electron chi connectivity index (χ4n) is 1.80. The van der Waals surface area contributed by atoms with Crippen molar-refractivity contribution in [3.8, 4) is 5.88 Å². The number of hydrogen-bond donors (Lipinski definition) is 1. The Hall–Kier alpha value is -2.01. The third-order valence-electron chi connectivity index (χ3n) is 2.83. The summed E-state index contributed by atoms with van der Waals surface area (Å²) in [6.07, 6.45) is 8.96. The molecular weight excluding hydrogens is 252 g/mol. The molecule has 0 unspecified atom stereocenters. The average molecular weight is 272 g/mol. The normalized spacial score (nSPS) is 10.4. The van der Waals surface area contributed by atoms with E-state index in [-0.39, 0.29) is 0 Å². The predicted octanol–water partition coefficient (Wildman–Crippen LogP) is 1.99. The van der Waals surface area contributed by atoms with Crippen LogP contribution in [0.25, 0.3) is 0 Å². The van der Waals surface area contributed by atoms with Gasteiger partial charge in [0.1, 0.15) is 0 Å². The molecule has 5 heteroatoms. The van der Waals surface area contributed by atoms with Crippen molar-refractivity contribution in [2.45, 2.75) is 26.3 Å². The molecule has 20 heavy (non-hydrogen) atoms. The zero-order chi connectivity index (χ0) is 14.0. The predicted molar refractivity (Wildman–Crippen MR) is 77.5 cm³/mol. The molecule has 1 N–H and O–H groups in total. The molecule has 106 valence electrons. The molecule has 0 aliphatic heterocycles. The second-order valence-corrected chi connectivity index (χ2v) is 4.44. The van der Waals surface area contributed by atoms with Crippen LogP contribution >= 0.6 is 0 Å². The van der Waals surface area contributed by atoms with E-state index in [9.17, 15) is 0 Å². The van der Waals surface area contributed by atoms with Crippen molar-refractivity contribution >= 4 is 0 Å². The van der Waals surface area contributed by atoms with Gasteiger partial charge >= 0.3 is 0 Å². The van der Waals surface area contributed by atoms with E-state index in [1.54, 1.807) is 12.4 Å². The maximum atomic E-state index is 5.63. The lowest BCUT2D eigenvalue weighted by atomic mass is 10.1. The summed E-state index contributed by atoms with van der Waals surface area (Å²) < 4.78 is 5.63. The van der Waals surface area contributed by atoms with Crippen LogP contribution in [0.15, 0.2) is 36.9 Å². The highest BCUT2D eigenvalue weighted by atomic mass is 16.5. The van der Waals surface area contributed by atoms with Crippen LogP contribution in [0, 0.1) is 0 Å². The van der Waals surface area contributed by atoms with E-state index in [2.05, 4.69) is 27.2 Å². The van der Waals surface area contributed by atoms with Gasteiger partial charge in [0.05, 0.1) is 18.5 Å². The Morgan fingerprint density at radius 2 is 2.00 bits per heavy atom. The van der Waals surface area contributed by atoms with E-state index in [0.717, 1.165) is 31.6 Å². The molecule has 0 aliphatic rings. The third-order valence-corrected chi connectivity index (χ3v) is 2.83. The van der Waals surface area contributed by atoms with E-state index < -0.39 is 0 Å². The maximum absolute atomic E-state index is 5.63. The molecule has 2 rings (SSSR count). The number of aromatic nitrogens is 3. The van der Waals surface area contributed by atoms with Crippen molar-refractivity contribution in [3.05, 3.63) is 48.2 Å². The average Bonchev–Trinajstić information content (AvgIpc) is 2.51. The molecule has 0 bridgehead atoms. The number of nitrogens with zero attached hydrogens (tertiary/aromatic N) is 3.